The van der Waals surface area contributed by atoms with Gasteiger partial charge in [-0.3, -0.25) is 0 Å². The average molecular weight is 423 g/mol. The molecule has 0 bridgehead atoms. The van der Waals surface area contributed by atoms with Gasteiger partial charge < -0.3 is 18.9 Å². The van der Waals surface area contributed by atoms with Gasteiger partial charge in [0.05, 0.1) is 24.5 Å². The quantitative estimate of drug-likeness (QED) is 0.799. The largest absolute Gasteiger partial charge is 0.378 e. The molecular formula is C23H26N4O2S. The molecule has 156 valence electrons. The van der Waals surface area contributed by atoms with Gasteiger partial charge in [0.1, 0.15) is 17.1 Å². The number of ether oxygens (including phenoxy) is 1. The summed E-state index contributed by atoms with van der Waals surface area (Å²) in [6.45, 7) is 6.09. The molecule has 6 nitrogen and oxygen atoms in total. The van der Waals surface area contributed by atoms with Gasteiger partial charge in [-0.05, 0) is 37.1 Å². The van der Waals surface area contributed by atoms with Crippen LogP contribution in [0.25, 0.3) is 23.4 Å². The van der Waals surface area contributed by atoms with E-state index >= 15 is 0 Å². The first kappa shape index (κ1) is 20.5. The molecule has 1 aliphatic carbocycles. The van der Waals surface area contributed by atoms with Crippen LogP contribution in [0.15, 0.2) is 36.0 Å². The summed E-state index contributed by atoms with van der Waals surface area (Å²) in [4.78, 5) is 2.34. The number of benzene rings is 1. The average Bonchev–Trinajstić information content (AvgIpc) is 2.90. The Kier molecular flexibility index (Phi) is 6.07. The summed E-state index contributed by atoms with van der Waals surface area (Å²) < 4.78 is 22.0. The molecule has 2 aliphatic rings. The maximum Gasteiger partial charge on any atom is 0.113 e. The number of fused-ring (bicyclic) bond motifs is 1. The Morgan fingerprint density at radius 3 is 2.57 bits per heavy atom. The van der Waals surface area contributed by atoms with Crippen LogP contribution in [0.1, 0.15) is 18.9 Å². The number of nitriles is 1. The van der Waals surface area contributed by atoms with Gasteiger partial charge in [-0.1, -0.05) is 24.3 Å². The molecule has 1 saturated heterocycles. The van der Waals surface area contributed by atoms with E-state index < -0.39 is 11.0 Å². The summed E-state index contributed by atoms with van der Waals surface area (Å²) in [6.07, 6.45) is 9.04. The predicted octanol–water partition coefficient (Wildman–Crippen LogP) is 1.93. The summed E-state index contributed by atoms with van der Waals surface area (Å²) in [6, 6.07) is 10.2. The highest BCUT2D eigenvalue weighted by atomic mass is 32.2. The van der Waals surface area contributed by atoms with Crippen LogP contribution in [-0.2, 0) is 22.3 Å². The minimum absolute atomic E-state index is 0.698. The second-order valence-electron chi connectivity index (χ2n) is 7.32. The molecule has 1 aliphatic heterocycles. The van der Waals surface area contributed by atoms with Crippen LogP contribution in [0.2, 0.25) is 0 Å². The van der Waals surface area contributed by atoms with E-state index in [2.05, 4.69) is 45.4 Å². The van der Waals surface area contributed by atoms with Crippen molar-refractivity contribution < 1.29 is 8.95 Å². The Balaban J connectivity index is 1.84. The highest BCUT2D eigenvalue weighted by Gasteiger charge is 2.19. The van der Waals surface area contributed by atoms with Crippen LogP contribution in [0.5, 0.6) is 0 Å². The lowest BCUT2D eigenvalue weighted by atomic mass is 10.1. The summed E-state index contributed by atoms with van der Waals surface area (Å²) >= 11 is 0. The molecule has 4 rings (SSSR count). The van der Waals surface area contributed by atoms with E-state index in [9.17, 15) is 9.47 Å². The van der Waals surface area contributed by atoms with Crippen LogP contribution in [0, 0.1) is 11.3 Å². The molecule has 1 N–H and O–H groups in total. The van der Waals surface area contributed by atoms with Crippen molar-refractivity contribution in [2.45, 2.75) is 19.9 Å². The maximum atomic E-state index is 11.4. The van der Waals surface area contributed by atoms with E-state index in [1.807, 2.05) is 24.3 Å². The van der Waals surface area contributed by atoms with Gasteiger partial charge in [-0.25, -0.2) is 4.21 Å². The normalized spacial score (nSPS) is 17.0. The third-order valence-electron chi connectivity index (χ3n) is 5.50. The van der Waals surface area contributed by atoms with Crippen LogP contribution in [0.4, 0.5) is 5.69 Å². The summed E-state index contributed by atoms with van der Waals surface area (Å²) in [5.74, 6) is 0. The van der Waals surface area contributed by atoms with Crippen molar-refractivity contribution in [3.8, 4) is 17.3 Å². The lowest BCUT2D eigenvalue weighted by molar-refractivity contribution is 0.0561. The number of allylic oxidation sites excluding steroid dienone is 2. The van der Waals surface area contributed by atoms with Crippen molar-refractivity contribution in [1.29, 1.82) is 5.26 Å². The molecule has 1 fully saturated rings. The molecule has 1 atom stereocenters. The minimum Gasteiger partial charge on any atom is -0.378 e. The van der Waals surface area contributed by atoms with E-state index in [4.69, 9.17) is 4.74 Å². The highest BCUT2D eigenvalue weighted by Crippen LogP contribution is 2.24. The van der Waals surface area contributed by atoms with Crippen LogP contribution < -0.4 is 15.3 Å². The van der Waals surface area contributed by atoms with Crippen LogP contribution in [-0.4, -0.2) is 46.2 Å². The number of rotatable bonds is 5. The third kappa shape index (κ3) is 3.93. The molecule has 0 saturated carbocycles. The molecule has 30 heavy (non-hydrogen) atoms. The van der Waals surface area contributed by atoms with E-state index in [1.165, 1.54) is 0 Å². The standard InChI is InChI=1S/C23H26N4O2S/c1-3-27-22-6-4-5-19(26-11-13-29-14-12-26)15-20(22)21(16-24)23(27)17-7-9-18(10-8-17)25-30(2)28/h5-10,15,25H,3-4,11-14H2,1-2H3. The molecule has 1 aromatic carbocycles. The molecular weight excluding hydrogens is 396 g/mol. The molecule has 7 heteroatoms. The number of aromatic nitrogens is 1. The number of hydrogen-bond acceptors (Lipinski definition) is 4. The molecule has 0 amide bonds. The number of nitrogens with one attached hydrogen (secondary N) is 1. The molecule has 1 unspecified atom stereocenters. The van der Waals surface area contributed by atoms with E-state index in [1.54, 1.807) is 6.26 Å². The number of nitrogens with zero attached hydrogens (tertiary/aromatic N) is 3. The summed E-state index contributed by atoms with van der Waals surface area (Å²) in [5, 5.41) is 12.2. The lowest BCUT2D eigenvalue weighted by Gasteiger charge is -2.29. The van der Waals surface area contributed by atoms with Gasteiger partial charge in [-0.15, -0.1) is 0 Å². The first-order valence-electron chi connectivity index (χ1n) is 10.2. The van der Waals surface area contributed by atoms with Crippen molar-refractivity contribution in [2.75, 3.05) is 37.3 Å². The van der Waals surface area contributed by atoms with Crippen molar-refractivity contribution in [3.63, 3.8) is 0 Å². The monoisotopic (exact) mass is 422 g/mol. The van der Waals surface area contributed by atoms with E-state index in [-0.39, 0.29) is 0 Å². The first-order valence-corrected chi connectivity index (χ1v) is 11.8. The Morgan fingerprint density at radius 2 is 1.93 bits per heavy atom. The van der Waals surface area contributed by atoms with Crippen molar-refractivity contribution in [3.05, 3.63) is 52.2 Å². The second kappa shape index (κ2) is 8.90. The Labute approximate surface area is 179 Å². The predicted molar refractivity (Wildman–Crippen MR) is 121 cm³/mol. The van der Waals surface area contributed by atoms with Gasteiger partial charge in [0.2, 0.25) is 0 Å². The fourth-order valence-electron chi connectivity index (χ4n) is 4.17. The maximum absolute atomic E-state index is 11.4. The van der Waals surface area contributed by atoms with Gasteiger partial charge in [0.25, 0.3) is 0 Å². The third-order valence-corrected chi connectivity index (χ3v) is 6.02. The Hall–Kier alpha value is -2.82. The van der Waals surface area contributed by atoms with Crippen molar-refractivity contribution in [1.82, 2.24) is 9.47 Å². The number of morpholine rings is 1. The number of hydrogen-bond donors (Lipinski definition) is 1. The summed E-state index contributed by atoms with van der Waals surface area (Å²) in [7, 11) is -1.12. The zero-order chi connectivity index (χ0) is 21.1. The smallest absolute Gasteiger partial charge is 0.113 e. The Morgan fingerprint density at radius 1 is 1.20 bits per heavy atom. The zero-order valence-electron chi connectivity index (χ0n) is 17.4. The summed E-state index contributed by atoms with van der Waals surface area (Å²) in [5.41, 5.74) is 4.57. The van der Waals surface area contributed by atoms with Crippen molar-refractivity contribution in [2.24, 2.45) is 0 Å². The molecule has 0 spiro atoms. The van der Waals surface area contributed by atoms with Gasteiger partial charge in [0.15, 0.2) is 0 Å². The van der Waals surface area contributed by atoms with Crippen LogP contribution in [0.3, 0.4) is 0 Å². The topological polar surface area (TPSA) is 70.3 Å². The Bertz CT molecular complexity index is 1150. The highest BCUT2D eigenvalue weighted by molar-refractivity contribution is 7.85. The second-order valence-corrected chi connectivity index (χ2v) is 8.44. The molecule has 2 aromatic rings. The fourth-order valence-corrected chi connectivity index (χ4v) is 4.63. The first-order chi connectivity index (χ1) is 14.6. The fraction of sp³-hybridized carbons (Fsp3) is 0.348. The molecule has 1 aromatic heterocycles. The molecule has 2 heterocycles. The van der Waals surface area contributed by atoms with Gasteiger partial charge >= 0.3 is 0 Å². The van der Waals surface area contributed by atoms with Crippen LogP contribution >= 0.6 is 0 Å². The zero-order valence-corrected chi connectivity index (χ0v) is 18.2. The molecule has 0 radical (unpaired) electrons. The van der Waals surface area contributed by atoms with E-state index in [0.29, 0.717) is 5.56 Å². The minimum atomic E-state index is -1.12. The van der Waals surface area contributed by atoms with Gasteiger partial charge in [-0.2, -0.15) is 5.26 Å². The van der Waals surface area contributed by atoms with Crippen molar-refractivity contribution >= 4 is 28.8 Å². The van der Waals surface area contributed by atoms with Gasteiger partial charge in [0, 0.05) is 47.8 Å². The SMILES string of the molecule is CCn1c(-c2ccc(NS(C)=O)cc2)c(C#N)c2c1=CCC=C(N1CCOCC1)C=2. The number of anilines is 1. The lowest BCUT2D eigenvalue weighted by Crippen LogP contribution is -2.36. The van der Waals surface area contributed by atoms with E-state index in [0.717, 1.165) is 72.5 Å².